The van der Waals surface area contributed by atoms with Crippen LogP contribution in [-0.2, 0) is 6.54 Å². The molecule has 3 N–H and O–H groups in total. The lowest BCUT2D eigenvalue weighted by atomic mass is 10.2. The van der Waals surface area contributed by atoms with Crippen molar-refractivity contribution in [3.8, 4) is 16.3 Å². The summed E-state index contributed by atoms with van der Waals surface area (Å²) in [5.41, 5.74) is 9.02. The Hall–Kier alpha value is -2.86. The minimum atomic E-state index is 0.152. The number of aryl methyl sites for hydroxylation is 1. The van der Waals surface area contributed by atoms with Gasteiger partial charge in [0.15, 0.2) is 5.96 Å². The van der Waals surface area contributed by atoms with Crippen LogP contribution in [0.5, 0.6) is 5.75 Å². The minimum absolute atomic E-state index is 0.152. The fraction of sp³-hybridized carbons (Fsp3) is 0.238. The Bertz CT molecular complexity index is 902. The molecule has 0 aliphatic carbocycles. The number of guanidine groups is 1. The van der Waals surface area contributed by atoms with Gasteiger partial charge >= 0.3 is 0 Å². The van der Waals surface area contributed by atoms with Crippen LogP contribution in [0.2, 0.25) is 0 Å². The SMILES string of the molecule is Cc1nc(-c2ccccc2)sc1CN=C(N)Nc1ccc(OC(C)C)cc1. The summed E-state index contributed by atoms with van der Waals surface area (Å²) in [7, 11) is 0. The number of thiazole rings is 1. The number of hydrogen-bond acceptors (Lipinski definition) is 4. The average Bonchev–Trinajstić information content (AvgIpc) is 3.03. The molecule has 0 aliphatic heterocycles. The number of benzene rings is 2. The van der Waals surface area contributed by atoms with Gasteiger partial charge in [0.1, 0.15) is 10.8 Å². The molecule has 1 heterocycles. The lowest BCUT2D eigenvalue weighted by Gasteiger charge is -2.10. The number of ether oxygens (including phenoxy) is 1. The van der Waals surface area contributed by atoms with Crippen LogP contribution in [0, 0.1) is 6.92 Å². The smallest absolute Gasteiger partial charge is 0.193 e. The fourth-order valence-corrected chi connectivity index (χ4v) is 3.50. The molecule has 0 fully saturated rings. The molecule has 3 rings (SSSR count). The van der Waals surface area contributed by atoms with E-state index < -0.39 is 0 Å². The highest BCUT2D eigenvalue weighted by Crippen LogP contribution is 2.28. The molecule has 140 valence electrons. The number of aliphatic imine (C=N–C) groups is 1. The van der Waals surface area contributed by atoms with Gasteiger partial charge in [-0.3, -0.25) is 0 Å². The van der Waals surface area contributed by atoms with Crippen molar-refractivity contribution < 1.29 is 4.74 Å². The maximum atomic E-state index is 6.03. The van der Waals surface area contributed by atoms with Gasteiger partial charge in [-0.1, -0.05) is 30.3 Å². The molecule has 2 aromatic carbocycles. The Morgan fingerprint density at radius 3 is 2.52 bits per heavy atom. The van der Waals surface area contributed by atoms with Gasteiger partial charge < -0.3 is 15.8 Å². The van der Waals surface area contributed by atoms with Crippen molar-refractivity contribution in [3.05, 3.63) is 65.2 Å². The Morgan fingerprint density at radius 1 is 1.15 bits per heavy atom. The van der Waals surface area contributed by atoms with Crippen LogP contribution in [0.3, 0.4) is 0 Å². The van der Waals surface area contributed by atoms with Crippen LogP contribution < -0.4 is 15.8 Å². The minimum Gasteiger partial charge on any atom is -0.491 e. The third-order valence-electron chi connectivity index (χ3n) is 3.80. The molecule has 0 saturated heterocycles. The number of hydrogen-bond donors (Lipinski definition) is 2. The zero-order valence-corrected chi connectivity index (χ0v) is 16.6. The third-order valence-corrected chi connectivity index (χ3v) is 5.00. The van der Waals surface area contributed by atoms with Gasteiger partial charge in [0.05, 0.1) is 18.3 Å². The van der Waals surface area contributed by atoms with Crippen LogP contribution in [-0.4, -0.2) is 17.0 Å². The van der Waals surface area contributed by atoms with Gasteiger partial charge in [0.2, 0.25) is 0 Å². The van der Waals surface area contributed by atoms with Crippen LogP contribution >= 0.6 is 11.3 Å². The Morgan fingerprint density at radius 2 is 1.85 bits per heavy atom. The van der Waals surface area contributed by atoms with E-state index in [1.54, 1.807) is 11.3 Å². The zero-order chi connectivity index (χ0) is 19.2. The number of anilines is 1. The highest BCUT2D eigenvalue weighted by Gasteiger charge is 2.09. The monoisotopic (exact) mass is 380 g/mol. The van der Waals surface area contributed by atoms with Crippen molar-refractivity contribution in [2.45, 2.75) is 33.4 Å². The summed E-state index contributed by atoms with van der Waals surface area (Å²) in [6.07, 6.45) is 0.152. The topological polar surface area (TPSA) is 72.5 Å². The second-order valence-electron chi connectivity index (χ2n) is 6.41. The third kappa shape index (κ3) is 5.31. The van der Waals surface area contributed by atoms with E-state index in [1.165, 1.54) is 0 Å². The molecule has 5 nitrogen and oxygen atoms in total. The summed E-state index contributed by atoms with van der Waals surface area (Å²) in [4.78, 5) is 10.2. The Balaban J connectivity index is 1.63. The highest BCUT2D eigenvalue weighted by atomic mass is 32.1. The van der Waals surface area contributed by atoms with E-state index in [2.05, 4.69) is 27.4 Å². The normalized spacial score (nSPS) is 11.6. The predicted octanol–water partition coefficient (Wildman–Crippen LogP) is 4.83. The van der Waals surface area contributed by atoms with Crippen LogP contribution in [0.15, 0.2) is 59.6 Å². The van der Waals surface area contributed by atoms with E-state index in [1.807, 2.05) is 63.2 Å². The first-order valence-electron chi connectivity index (χ1n) is 8.86. The van der Waals surface area contributed by atoms with Gasteiger partial charge in [0.25, 0.3) is 0 Å². The Kier molecular flexibility index (Phi) is 6.08. The summed E-state index contributed by atoms with van der Waals surface area (Å²) in [5, 5.41) is 4.11. The zero-order valence-electron chi connectivity index (χ0n) is 15.8. The molecule has 0 saturated carbocycles. The van der Waals surface area contributed by atoms with Gasteiger partial charge in [-0.2, -0.15) is 0 Å². The molecule has 0 spiro atoms. The van der Waals surface area contributed by atoms with Crippen molar-refractivity contribution in [1.29, 1.82) is 0 Å². The molecule has 0 amide bonds. The quantitative estimate of drug-likeness (QED) is 0.474. The summed E-state index contributed by atoms with van der Waals surface area (Å²) in [6.45, 7) is 6.51. The number of nitrogens with two attached hydrogens (primary N) is 1. The largest absolute Gasteiger partial charge is 0.491 e. The first-order valence-corrected chi connectivity index (χ1v) is 9.68. The summed E-state index contributed by atoms with van der Waals surface area (Å²) in [6, 6.07) is 17.8. The number of aromatic nitrogens is 1. The molecule has 0 radical (unpaired) electrons. The lowest BCUT2D eigenvalue weighted by molar-refractivity contribution is 0.242. The van der Waals surface area contributed by atoms with Crippen molar-refractivity contribution in [2.24, 2.45) is 10.7 Å². The van der Waals surface area contributed by atoms with Crippen LogP contribution in [0.25, 0.3) is 10.6 Å². The van der Waals surface area contributed by atoms with E-state index in [-0.39, 0.29) is 6.10 Å². The summed E-state index contributed by atoms with van der Waals surface area (Å²) >= 11 is 1.65. The van der Waals surface area contributed by atoms with Crippen molar-refractivity contribution in [1.82, 2.24) is 4.98 Å². The number of rotatable bonds is 6. The summed E-state index contributed by atoms with van der Waals surface area (Å²) in [5.74, 6) is 1.21. The van der Waals surface area contributed by atoms with E-state index in [9.17, 15) is 0 Å². The molecular formula is C21H24N4OS. The molecular weight excluding hydrogens is 356 g/mol. The van der Waals surface area contributed by atoms with Crippen LogP contribution in [0.4, 0.5) is 5.69 Å². The molecule has 0 aliphatic rings. The molecule has 6 heteroatoms. The van der Waals surface area contributed by atoms with Gasteiger partial charge in [-0.25, -0.2) is 9.98 Å². The standard InChI is InChI=1S/C21H24N4OS/c1-14(2)26-18-11-9-17(10-12-18)25-21(22)23-13-19-15(3)24-20(27-19)16-7-5-4-6-8-16/h4-12,14H,13H2,1-3H3,(H3,22,23,25). The second-order valence-corrected chi connectivity index (χ2v) is 7.49. The maximum Gasteiger partial charge on any atom is 0.193 e. The first kappa shape index (κ1) is 18.9. The van der Waals surface area contributed by atoms with E-state index in [4.69, 9.17) is 10.5 Å². The molecule has 1 aromatic heterocycles. The highest BCUT2D eigenvalue weighted by molar-refractivity contribution is 7.15. The second kappa shape index (κ2) is 8.68. The van der Waals surface area contributed by atoms with E-state index in [0.29, 0.717) is 12.5 Å². The number of nitrogens with zero attached hydrogens (tertiary/aromatic N) is 2. The Labute approximate surface area is 163 Å². The van der Waals surface area contributed by atoms with E-state index >= 15 is 0 Å². The average molecular weight is 381 g/mol. The summed E-state index contributed by atoms with van der Waals surface area (Å²) < 4.78 is 5.64. The first-order chi connectivity index (χ1) is 13.0. The van der Waals surface area contributed by atoms with Crippen molar-refractivity contribution in [2.75, 3.05) is 5.32 Å². The van der Waals surface area contributed by atoms with Gasteiger partial charge in [0, 0.05) is 16.1 Å². The van der Waals surface area contributed by atoms with Crippen LogP contribution in [0.1, 0.15) is 24.4 Å². The van der Waals surface area contributed by atoms with Gasteiger partial charge in [-0.05, 0) is 45.0 Å². The predicted molar refractivity (Wildman–Crippen MR) is 113 cm³/mol. The molecule has 0 bridgehead atoms. The molecule has 27 heavy (non-hydrogen) atoms. The van der Waals surface area contributed by atoms with Crippen molar-refractivity contribution >= 4 is 23.0 Å². The van der Waals surface area contributed by atoms with Crippen molar-refractivity contribution in [3.63, 3.8) is 0 Å². The number of nitrogens with one attached hydrogen (secondary N) is 1. The molecule has 3 aromatic rings. The lowest BCUT2D eigenvalue weighted by Crippen LogP contribution is -2.22. The maximum absolute atomic E-state index is 6.03. The molecule has 0 atom stereocenters. The fourth-order valence-electron chi connectivity index (χ4n) is 2.51. The molecule has 0 unspecified atom stereocenters. The van der Waals surface area contributed by atoms with E-state index in [0.717, 1.165) is 32.6 Å². The van der Waals surface area contributed by atoms with Gasteiger partial charge in [-0.15, -0.1) is 11.3 Å².